The van der Waals surface area contributed by atoms with E-state index < -0.39 is 6.41 Å². The molecular weight excluding hydrogens is 256 g/mol. The number of rotatable bonds is 1. The predicted molar refractivity (Wildman–Crippen MR) is 72.1 cm³/mol. The number of nitrogens with zero attached hydrogens (tertiary/aromatic N) is 2. The third-order valence-electron chi connectivity index (χ3n) is 3.34. The van der Waals surface area contributed by atoms with Gasteiger partial charge in [-0.15, -0.1) is 5.10 Å². The Labute approximate surface area is 115 Å². The Hall–Kier alpha value is -2.69. The summed E-state index contributed by atoms with van der Waals surface area (Å²) in [5.74, 6) is 1.33. The Balaban J connectivity index is 1.66. The van der Waals surface area contributed by atoms with Crippen molar-refractivity contribution >= 4 is 5.90 Å². The summed E-state index contributed by atoms with van der Waals surface area (Å²) < 4.78 is 11.4. The van der Waals surface area contributed by atoms with Gasteiger partial charge in [0.2, 0.25) is 5.90 Å². The fraction of sp³-hybridized carbons (Fsp3) is 0.133. The molecule has 2 aromatic carbocycles. The zero-order valence-corrected chi connectivity index (χ0v) is 10.6. The second-order valence-electron chi connectivity index (χ2n) is 4.67. The summed E-state index contributed by atoms with van der Waals surface area (Å²) in [5.41, 5.74) is 1.63. The van der Waals surface area contributed by atoms with Gasteiger partial charge in [-0.3, -0.25) is 0 Å². The van der Waals surface area contributed by atoms with Crippen molar-refractivity contribution < 1.29 is 14.6 Å². The fourth-order valence-corrected chi connectivity index (χ4v) is 2.34. The van der Waals surface area contributed by atoms with Crippen molar-refractivity contribution in [3.63, 3.8) is 0 Å². The van der Waals surface area contributed by atoms with Crippen LogP contribution in [0.15, 0.2) is 53.6 Å². The lowest BCUT2D eigenvalue weighted by Crippen LogP contribution is -2.37. The lowest BCUT2D eigenvalue weighted by Gasteiger charge is -2.28. The molecule has 1 atom stereocenters. The van der Waals surface area contributed by atoms with Crippen LogP contribution in [0.1, 0.15) is 11.1 Å². The van der Waals surface area contributed by atoms with Gasteiger partial charge in [-0.1, -0.05) is 30.3 Å². The lowest BCUT2D eigenvalue weighted by atomic mass is 10.2. The van der Waals surface area contributed by atoms with Crippen LogP contribution in [0.25, 0.3) is 0 Å². The summed E-state index contributed by atoms with van der Waals surface area (Å²) in [6, 6.07) is 14.8. The number of hydrogen-bond donors (Lipinski definition) is 1. The molecule has 100 valence electrons. The molecule has 0 amide bonds. The average molecular weight is 268 g/mol. The van der Waals surface area contributed by atoms with Gasteiger partial charge in [-0.25, -0.2) is 5.01 Å². The molecule has 2 aliphatic heterocycles. The number of aromatic hydroxyl groups is 1. The van der Waals surface area contributed by atoms with Gasteiger partial charge in [0.1, 0.15) is 11.5 Å². The Morgan fingerprint density at radius 3 is 2.75 bits per heavy atom. The topological polar surface area (TPSA) is 54.3 Å². The molecule has 2 aliphatic rings. The van der Waals surface area contributed by atoms with E-state index in [9.17, 15) is 5.11 Å². The van der Waals surface area contributed by atoms with Crippen LogP contribution in [-0.2, 0) is 11.3 Å². The molecule has 2 aromatic rings. The van der Waals surface area contributed by atoms with Gasteiger partial charge in [-0.05, 0) is 18.2 Å². The minimum atomic E-state index is -0.570. The van der Waals surface area contributed by atoms with E-state index in [0.29, 0.717) is 18.0 Å². The first-order valence-corrected chi connectivity index (χ1v) is 6.36. The molecule has 0 aliphatic carbocycles. The van der Waals surface area contributed by atoms with E-state index in [1.54, 1.807) is 23.2 Å². The average Bonchev–Trinajstić information content (AvgIpc) is 2.87. The Bertz CT molecular complexity index is 699. The molecule has 0 saturated carbocycles. The normalized spacial score (nSPS) is 19.5. The maximum absolute atomic E-state index is 9.86. The first kappa shape index (κ1) is 11.2. The molecule has 5 heteroatoms. The lowest BCUT2D eigenvalue weighted by molar-refractivity contribution is -0.115. The van der Waals surface area contributed by atoms with Crippen LogP contribution in [0, 0.1) is 0 Å². The van der Waals surface area contributed by atoms with Crippen molar-refractivity contribution in [2.24, 2.45) is 5.10 Å². The standard InChI is InChI=1S/C15H12N2O3/c18-12-7-3-2-6-11(12)14-16-17-9-10-5-1-4-8-13(10)19-15(17)20-14/h1-8,15,18H,9H2. The SMILES string of the molecule is Oc1ccccc1C1=NN2Cc3ccccc3OC2O1. The molecule has 1 unspecified atom stereocenters. The van der Waals surface area contributed by atoms with Crippen LogP contribution in [0.2, 0.25) is 0 Å². The van der Waals surface area contributed by atoms with Crippen LogP contribution in [0.3, 0.4) is 0 Å². The highest BCUT2D eigenvalue weighted by molar-refractivity contribution is 5.97. The molecule has 0 saturated heterocycles. The minimum absolute atomic E-state index is 0.142. The van der Waals surface area contributed by atoms with Gasteiger partial charge < -0.3 is 14.6 Å². The Morgan fingerprint density at radius 1 is 1.05 bits per heavy atom. The second-order valence-corrected chi connectivity index (χ2v) is 4.67. The predicted octanol–water partition coefficient (Wildman–Crippen LogP) is 2.26. The number of para-hydroxylation sites is 2. The zero-order valence-electron chi connectivity index (χ0n) is 10.6. The van der Waals surface area contributed by atoms with E-state index in [4.69, 9.17) is 9.47 Å². The number of ether oxygens (including phenoxy) is 2. The molecule has 2 heterocycles. The summed E-state index contributed by atoms with van der Waals surface area (Å²) in [6.07, 6.45) is -0.570. The van der Waals surface area contributed by atoms with Gasteiger partial charge in [-0.2, -0.15) is 0 Å². The number of phenolic OH excluding ortho intramolecular Hbond substituents is 1. The fourth-order valence-electron chi connectivity index (χ4n) is 2.34. The van der Waals surface area contributed by atoms with E-state index in [1.807, 2.05) is 30.3 Å². The van der Waals surface area contributed by atoms with Crippen molar-refractivity contribution in [2.75, 3.05) is 0 Å². The number of fused-ring (bicyclic) bond motifs is 2. The number of hydrazone groups is 1. The molecule has 0 fully saturated rings. The maximum Gasteiger partial charge on any atom is 0.344 e. The molecule has 1 N–H and O–H groups in total. The highest BCUT2D eigenvalue weighted by Gasteiger charge is 2.35. The Kier molecular flexibility index (Phi) is 2.32. The van der Waals surface area contributed by atoms with Crippen molar-refractivity contribution in [1.29, 1.82) is 0 Å². The molecule has 0 aromatic heterocycles. The third kappa shape index (κ3) is 1.67. The van der Waals surface area contributed by atoms with Crippen molar-refractivity contribution in [1.82, 2.24) is 5.01 Å². The Morgan fingerprint density at radius 2 is 1.85 bits per heavy atom. The van der Waals surface area contributed by atoms with Gasteiger partial charge in [0, 0.05) is 5.56 Å². The molecular formula is C15H12N2O3. The largest absolute Gasteiger partial charge is 0.507 e. The summed E-state index contributed by atoms with van der Waals surface area (Å²) in [5, 5.41) is 16.0. The van der Waals surface area contributed by atoms with Crippen molar-refractivity contribution in [3.05, 3.63) is 59.7 Å². The summed E-state index contributed by atoms with van der Waals surface area (Å²) in [4.78, 5) is 0. The van der Waals surface area contributed by atoms with Gasteiger partial charge in [0.15, 0.2) is 0 Å². The van der Waals surface area contributed by atoms with E-state index >= 15 is 0 Å². The molecule has 0 bridgehead atoms. The highest BCUT2D eigenvalue weighted by atomic mass is 16.7. The minimum Gasteiger partial charge on any atom is -0.507 e. The van der Waals surface area contributed by atoms with E-state index in [2.05, 4.69) is 5.10 Å². The molecule has 20 heavy (non-hydrogen) atoms. The molecule has 0 spiro atoms. The van der Waals surface area contributed by atoms with Crippen molar-refractivity contribution in [2.45, 2.75) is 13.0 Å². The monoisotopic (exact) mass is 268 g/mol. The molecule has 4 rings (SSSR count). The van der Waals surface area contributed by atoms with E-state index in [0.717, 1.165) is 11.3 Å². The highest BCUT2D eigenvalue weighted by Crippen LogP contribution is 2.32. The van der Waals surface area contributed by atoms with Crippen molar-refractivity contribution in [3.8, 4) is 11.5 Å². The third-order valence-corrected chi connectivity index (χ3v) is 3.34. The molecule has 5 nitrogen and oxygen atoms in total. The number of phenols is 1. The smallest absolute Gasteiger partial charge is 0.344 e. The van der Waals surface area contributed by atoms with Crippen LogP contribution < -0.4 is 4.74 Å². The summed E-state index contributed by atoms with van der Waals surface area (Å²) >= 11 is 0. The van der Waals surface area contributed by atoms with Crippen LogP contribution >= 0.6 is 0 Å². The van der Waals surface area contributed by atoms with Gasteiger partial charge in [0.25, 0.3) is 0 Å². The van der Waals surface area contributed by atoms with Gasteiger partial charge >= 0.3 is 6.41 Å². The van der Waals surface area contributed by atoms with Gasteiger partial charge in [0.05, 0.1) is 12.1 Å². The first-order chi connectivity index (χ1) is 9.81. The van der Waals surface area contributed by atoms with Crippen LogP contribution in [0.5, 0.6) is 11.5 Å². The van der Waals surface area contributed by atoms with Crippen LogP contribution in [-0.4, -0.2) is 22.4 Å². The van der Waals surface area contributed by atoms with E-state index in [1.165, 1.54) is 0 Å². The number of benzene rings is 2. The van der Waals surface area contributed by atoms with Crippen LogP contribution in [0.4, 0.5) is 0 Å². The number of hydrogen-bond acceptors (Lipinski definition) is 5. The summed E-state index contributed by atoms with van der Waals surface area (Å²) in [7, 11) is 0. The van der Waals surface area contributed by atoms with E-state index in [-0.39, 0.29) is 5.75 Å². The molecule has 0 radical (unpaired) electrons. The second kappa shape index (κ2) is 4.16. The first-order valence-electron chi connectivity index (χ1n) is 6.36. The zero-order chi connectivity index (χ0) is 13.5. The summed E-state index contributed by atoms with van der Waals surface area (Å²) in [6.45, 7) is 0.623. The quantitative estimate of drug-likeness (QED) is 0.862. The maximum atomic E-state index is 9.86.